The molecule has 190 valence electrons. The molecule has 1 atom stereocenters. The fraction of sp³-hybridized carbons (Fsp3) is 0.815. The van der Waals surface area contributed by atoms with E-state index in [2.05, 4.69) is 30.6 Å². The fourth-order valence-corrected chi connectivity index (χ4v) is 4.29. The first-order chi connectivity index (χ1) is 15.9. The number of Topliss-reactive ketones (excluding diaryl/α,β-unsaturated/α-hetero) is 1. The van der Waals surface area contributed by atoms with Crippen LogP contribution in [0.1, 0.15) is 129 Å². The molecule has 0 heterocycles. The maximum atomic E-state index is 11.7. The van der Waals surface area contributed by atoms with Gasteiger partial charge in [0.25, 0.3) is 10.1 Å². The monoisotopic (exact) mass is 481 g/mol. The van der Waals surface area contributed by atoms with E-state index in [0.29, 0.717) is 6.42 Å². The first-order valence-corrected chi connectivity index (χ1v) is 14.5. The van der Waals surface area contributed by atoms with Crippen molar-refractivity contribution in [3.63, 3.8) is 0 Å². The molecule has 0 fully saturated rings. The molecule has 0 aliphatic rings. The Labute approximate surface area is 203 Å². The zero-order chi connectivity index (χ0) is 24.6. The lowest BCUT2D eigenvalue weighted by atomic mass is 10.1. The third-order valence-corrected chi connectivity index (χ3v) is 6.86. The van der Waals surface area contributed by atoms with Crippen molar-refractivity contribution >= 4 is 15.9 Å². The van der Waals surface area contributed by atoms with Crippen LogP contribution in [0.2, 0.25) is 0 Å². The third-order valence-electron chi connectivity index (χ3n) is 5.69. The largest absolute Gasteiger partial charge is 0.329 e. The summed E-state index contributed by atoms with van der Waals surface area (Å²) in [6.45, 7) is 1.85. The Morgan fingerprint density at radius 3 is 1.42 bits per heavy atom. The molecular weight excluding hydrogens is 434 g/mol. The van der Waals surface area contributed by atoms with Crippen molar-refractivity contribution in [2.75, 3.05) is 6.54 Å². The van der Waals surface area contributed by atoms with Crippen molar-refractivity contribution in [1.29, 1.82) is 0 Å². The van der Waals surface area contributed by atoms with Crippen molar-refractivity contribution in [3.8, 4) is 23.7 Å². The van der Waals surface area contributed by atoms with E-state index >= 15 is 0 Å². The van der Waals surface area contributed by atoms with Crippen LogP contribution in [0.15, 0.2) is 0 Å². The highest BCUT2D eigenvalue weighted by Crippen LogP contribution is 2.11. The SMILES string of the molecule is CCCCCCCCCCCCC#CCCCCCCC#CCCC(=O)C(CN)S(=O)(=O)O. The van der Waals surface area contributed by atoms with Gasteiger partial charge in [-0.1, -0.05) is 77.6 Å². The molecule has 6 heteroatoms. The highest BCUT2D eigenvalue weighted by Gasteiger charge is 2.28. The summed E-state index contributed by atoms with van der Waals surface area (Å²) >= 11 is 0. The van der Waals surface area contributed by atoms with Crippen LogP contribution < -0.4 is 5.73 Å². The van der Waals surface area contributed by atoms with Gasteiger partial charge < -0.3 is 5.73 Å². The Balaban J connectivity index is 3.48. The topological polar surface area (TPSA) is 97.5 Å². The number of carbonyl (C=O) groups excluding carboxylic acids is 1. The van der Waals surface area contributed by atoms with E-state index in [0.717, 1.165) is 44.9 Å². The van der Waals surface area contributed by atoms with Crippen LogP contribution in [0.5, 0.6) is 0 Å². The first-order valence-electron chi connectivity index (χ1n) is 13.0. The van der Waals surface area contributed by atoms with E-state index in [1.54, 1.807) is 0 Å². The number of nitrogens with two attached hydrogens (primary N) is 1. The summed E-state index contributed by atoms with van der Waals surface area (Å²) in [5, 5.41) is -1.53. The molecule has 0 amide bonds. The van der Waals surface area contributed by atoms with Crippen molar-refractivity contribution in [2.24, 2.45) is 5.73 Å². The summed E-state index contributed by atoms with van der Waals surface area (Å²) in [6.07, 6.45) is 21.1. The molecule has 0 rings (SSSR count). The average molecular weight is 482 g/mol. The summed E-state index contributed by atoms with van der Waals surface area (Å²) in [5.41, 5.74) is 5.24. The van der Waals surface area contributed by atoms with Gasteiger partial charge in [-0.15, -0.1) is 23.7 Å². The minimum Gasteiger partial charge on any atom is -0.329 e. The summed E-state index contributed by atoms with van der Waals surface area (Å²) in [6, 6.07) is 0. The van der Waals surface area contributed by atoms with Gasteiger partial charge in [-0.2, -0.15) is 8.42 Å². The first kappa shape index (κ1) is 31.7. The van der Waals surface area contributed by atoms with Gasteiger partial charge in [-0.3, -0.25) is 9.35 Å². The Morgan fingerprint density at radius 1 is 0.697 bits per heavy atom. The second-order valence-electron chi connectivity index (χ2n) is 8.76. The Hall–Kier alpha value is -1.34. The van der Waals surface area contributed by atoms with Crippen molar-refractivity contribution in [3.05, 3.63) is 0 Å². The number of hydrogen-bond acceptors (Lipinski definition) is 4. The zero-order valence-electron chi connectivity index (χ0n) is 20.9. The maximum Gasteiger partial charge on any atom is 0.276 e. The Morgan fingerprint density at radius 2 is 1.06 bits per heavy atom. The van der Waals surface area contributed by atoms with E-state index in [4.69, 9.17) is 10.3 Å². The standard InChI is InChI=1S/C27H47NO4S/c1-2-3-4-5-6-7-8-9-10-11-12-13-14-15-16-17-18-19-20-21-22-23-24-26(29)27(25-28)33(30,31)32/h27H,2-12,15-20,23-25,28H2,1H3,(H,30,31,32). The number of ketones is 1. The normalized spacial score (nSPS) is 11.8. The number of rotatable bonds is 20. The summed E-state index contributed by atoms with van der Waals surface area (Å²) in [4.78, 5) is 11.7. The third kappa shape index (κ3) is 21.0. The van der Waals surface area contributed by atoms with Gasteiger partial charge in [0.15, 0.2) is 11.0 Å². The molecule has 0 aromatic rings. The average Bonchev–Trinajstić information content (AvgIpc) is 2.76. The minimum atomic E-state index is -4.42. The smallest absolute Gasteiger partial charge is 0.276 e. The zero-order valence-corrected chi connectivity index (χ0v) is 21.7. The van der Waals surface area contributed by atoms with Gasteiger partial charge in [0.05, 0.1) is 0 Å². The lowest BCUT2D eigenvalue weighted by Crippen LogP contribution is -2.36. The highest BCUT2D eigenvalue weighted by molar-refractivity contribution is 7.87. The molecule has 0 saturated heterocycles. The predicted molar refractivity (Wildman–Crippen MR) is 138 cm³/mol. The van der Waals surface area contributed by atoms with Crippen molar-refractivity contribution in [1.82, 2.24) is 0 Å². The second kappa shape index (κ2) is 22.5. The maximum absolute atomic E-state index is 11.7. The summed E-state index contributed by atoms with van der Waals surface area (Å²) in [7, 11) is -4.42. The van der Waals surface area contributed by atoms with Gasteiger partial charge in [0, 0.05) is 38.6 Å². The molecule has 0 bridgehead atoms. The highest BCUT2D eigenvalue weighted by atomic mass is 32.2. The van der Waals surface area contributed by atoms with Crippen molar-refractivity contribution < 1.29 is 17.8 Å². The van der Waals surface area contributed by atoms with E-state index < -0.39 is 27.7 Å². The number of carbonyl (C=O) groups is 1. The Kier molecular flexibility index (Phi) is 21.5. The summed E-state index contributed by atoms with van der Waals surface area (Å²) in [5.74, 6) is 11.9. The van der Waals surface area contributed by atoms with Crippen LogP contribution in [0.3, 0.4) is 0 Å². The molecule has 5 nitrogen and oxygen atoms in total. The number of unbranched alkanes of at least 4 members (excludes halogenated alkanes) is 15. The minimum absolute atomic E-state index is 0.00749. The van der Waals surface area contributed by atoms with Crippen molar-refractivity contribution in [2.45, 2.75) is 134 Å². The van der Waals surface area contributed by atoms with Crippen LogP contribution in [0.4, 0.5) is 0 Å². The van der Waals surface area contributed by atoms with Crippen LogP contribution in [0.25, 0.3) is 0 Å². The van der Waals surface area contributed by atoms with Gasteiger partial charge >= 0.3 is 0 Å². The molecule has 0 aromatic heterocycles. The predicted octanol–water partition coefficient (Wildman–Crippen LogP) is 6.21. The molecular formula is C27H47NO4S. The number of hydrogen-bond donors (Lipinski definition) is 2. The van der Waals surface area contributed by atoms with Gasteiger partial charge in [-0.05, 0) is 19.3 Å². The van der Waals surface area contributed by atoms with E-state index in [1.165, 1.54) is 64.2 Å². The quantitative estimate of drug-likeness (QED) is 0.122. The molecule has 0 spiro atoms. The lowest BCUT2D eigenvalue weighted by Gasteiger charge is -2.08. The molecule has 3 N–H and O–H groups in total. The van der Waals surface area contributed by atoms with E-state index in [9.17, 15) is 13.2 Å². The van der Waals surface area contributed by atoms with Gasteiger partial charge in [0.2, 0.25) is 0 Å². The van der Waals surface area contributed by atoms with Crippen LogP contribution in [0, 0.1) is 23.7 Å². The fourth-order valence-electron chi connectivity index (χ4n) is 3.60. The molecule has 33 heavy (non-hydrogen) atoms. The van der Waals surface area contributed by atoms with Crippen LogP contribution in [-0.2, 0) is 14.9 Å². The molecule has 0 saturated carbocycles. The van der Waals surface area contributed by atoms with Gasteiger partial charge in [0.1, 0.15) is 0 Å². The molecule has 0 aliphatic carbocycles. The molecule has 0 aliphatic heterocycles. The molecule has 0 aromatic carbocycles. The van der Waals surface area contributed by atoms with E-state index in [1.807, 2.05) is 0 Å². The van der Waals surface area contributed by atoms with Crippen LogP contribution >= 0.6 is 0 Å². The van der Waals surface area contributed by atoms with Crippen LogP contribution in [-0.4, -0.2) is 30.5 Å². The second-order valence-corrected chi connectivity index (χ2v) is 10.4. The summed E-state index contributed by atoms with van der Waals surface area (Å²) < 4.78 is 31.0. The Bertz CT molecular complexity index is 710. The lowest BCUT2D eigenvalue weighted by molar-refractivity contribution is -0.118. The molecule has 0 radical (unpaired) electrons. The molecule has 1 unspecified atom stereocenters. The van der Waals surface area contributed by atoms with E-state index in [-0.39, 0.29) is 6.42 Å². The van der Waals surface area contributed by atoms with Gasteiger partial charge in [-0.25, -0.2) is 0 Å².